The van der Waals surface area contributed by atoms with Gasteiger partial charge in [0.15, 0.2) is 6.10 Å². The number of hydrogen-bond acceptors (Lipinski definition) is 6. The van der Waals surface area contributed by atoms with Crippen molar-refractivity contribution in [1.82, 2.24) is 0 Å². The zero-order chi connectivity index (χ0) is 10.6. The third kappa shape index (κ3) is 3.83. The Morgan fingerprint density at radius 2 is 1.62 bits per heavy atom. The van der Waals surface area contributed by atoms with Gasteiger partial charge in [-0.25, -0.2) is 0 Å². The van der Waals surface area contributed by atoms with Gasteiger partial charge in [-0.1, -0.05) is 0 Å². The predicted molar refractivity (Wildman–Crippen MR) is 50.1 cm³/mol. The van der Waals surface area contributed by atoms with Crippen LogP contribution in [0.2, 0.25) is 0 Å². The Morgan fingerprint density at radius 3 is 1.92 bits per heavy atom. The molecule has 0 spiro atoms. The maximum atomic E-state index is 10.5. The first-order valence-corrected chi connectivity index (χ1v) is 4.52. The Bertz CT molecular complexity index is 175. The standard InChI is InChI=1S/C6H11IO6/c7-6(13)5(12)4(11)3(10)2(9)1-8/h2-5,8-12H,1H2. The SMILES string of the molecule is O=C(I)C(O)C(O)C(O)C(O)CO. The van der Waals surface area contributed by atoms with Crippen LogP contribution in [0.1, 0.15) is 0 Å². The number of carbonyl (C=O) groups excluding carboxylic acids is 1. The van der Waals surface area contributed by atoms with Gasteiger partial charge in [0.1, 0.15) is 18.3 Å². The van der Waals surface area contributed by atoms with Crippen molar-refractivity contribution < 1.29 is 30.3 Å². The van der Waals surface area contributed by atoms with Crippen LogP contribution in [0.4, 0.5) is 0 Å². The molecule has 7 heteroatoms. The summed E-state index contributed by atoms with van der Waals surface area (Å²) in [5.74, 6) is 0. The minimum absolute atomic E-state index is 0.755. The summed E-state index contributed by atoms with van der Waals surface area (Å²) in [6.07, 6.45) is -6.90. The van der Waals surface area contributed by atoms with E-state index in [0.717, 1.165) is 0 Å². The van der Waals surface area contributed by atoms with Crippen LogP contribution in [-0.2, 0) is 4.79 Å². The Hall–Kier alpha value is 0.200. The van der Waals surface area contributed by atoms with E-state index in [9.17, 15) is 4.79 Å². The van der Waals surface area contributed by atoms with E-state index in [1.54, 1.807) is 0 Å². The fraction of sp³-hybridized carbons (Fsp3) is 0.833. The van der Waals surface area contributed by atoms with E-state index >= 15 is 0 Å². The zero-order valence-corrected chi connectivity index (χ0v) is 8.70. The van der Waals surface area contributed by atoms with Crippen LogP contribution >= 0.6 is 22.6 Å². The molecule has 0 radical (unpaired) electrons. The molecular formula is C6H11IO6. The van der Waals surface area contributed by atoms with E-state index in [2.05, 4.69) is 0 Å². The van der Waals surface area contributed by atoms with Crippen LogP contribution in [0.25, 0.3) is 0 Å². The highest BCUT2D eigenvalue weighted by molar-refractivity contribution is 14.1. The van der Waals surface area contributed by atoms with Crippen molar-refractivity contribution in [2.75, 3.05) is 6.61 Å². The molecule has 4 unspecified atom stereocenters. The fourth-order valence-corrected chi connectivity index (χ4v) is 1.03. The molecule has 5 N–H and O–H groups in total. The first-order valence-electron chi connectivity index (χ1n) is 3.44. The second-order valence-corrected chi connectivity index (χ2v) is 3.54. The van der Waals surface area contributed by atoms with Crippen molar-refractivity contribution in [3.8, 4) is 0 Å². The molecule has 0 bridgehead atoms. The number of hydrogen-bond donors (Lipinski definition) is 5. The topological polar surface area (TPSA) is 118 Å². The van der Waals surface area contributed by atoms with Gasteiger partial charge in [0.25, 0.3) is 0 Å². The van der Waals surface area contributed by atoms with E-state index in [-0.39, 0.29) is 0 Å². The summed E-state index contributed by atoms with van der Waals surface area (Å²) in [5.41, 5.74) is 0. The molecule has 0 saturated heterocycles. The highest BCUT2D eigenvalue weighted by atomic mass is 127. The second kappa shape index (κ2) is 5.83. The number of halogens is 1. The molecule has 0 aliphatic rings. The number of rotatable bonds is 5. The molecule has 78 valence electrons. The van der Waals surface area contributed by atoms with Gasteiger partial charge >= 0.3 is 0 Å². The van der Waals surface area contributed by atoms with Crippen LogP contribution in [0, 0.1) is 0 Å². The monoisotopic (exact) mass is 306 g/mol. The van der Waals surface area contributed by atoms with Crippen molar-refractivity contribution in [1.29, 1.82) is 0 Å². The molecule has 0 aliphatic carbocycles. The summed E-state index contributed by atoms with van der Waals surface area (Å²) in [7, 11) is 0. The summed E-state index contributed by atoms with van der Waals surface area (Å²) in [6, 6.07) is 0. The summed E-state index contributed by atoms with van der Waals surface area (Å²) in [4.78, 5) is 10.5. The third-order valence-electron chi connectivity index (χ3n) is 1.49. The van der Waals surface area contributed by atoms with Gasteiger partial charge in [-0.2, -0.15) is 0 Å². The molecule has 0 aromatic heterocycles. The lowest BCUT2D eigenvalue weighted by molar-refractivity contribution is -0.137. The highest BCUT2D eigenvalue weighted by Crippen LogP contribution is 2.08. The smallest absolute Gasteiger partial charge is 0.223 e. The van der Waals surface area contributed by atoms with Gasteiger partial charge in [0.2, 0.25) is 3.79 Å². The van der Waals surface area contributed by atoms with E-state index in [4.69, 9.17) is 25.5 Å². The molecule has 0 rings (SSSR count). The molecule has 4 atom stereocenters. The highest BCUT2D eigenvalue weighted by Gasteiger charge is 2.32. The van der Waals surface area contributed by atoms with Crippen molar-refractivity contribution in [3.63, 3.8) is 0 Å². The maximum absolute atomic E-state index is 10.5. The number of carbonyl (C=O) groups is 1. The van der Waals surface area contributed by atoms with Crippen LogP contribution in [0.15, 0.2) is 0 Å². The number of aliphatic hydroxyl groups excluding tert-OH is 5. The zero-order valence-electron chi connectivity index (χ0n) is 6.54. The predicted octanol–water partition coefficient (Wildman–Crippen LogP) is -2.62. The van der Waals surface area contributed by atoms with Gasteiger partial charge in [-0.05, 0) is 0 Å². The molecule has 6 nitrogen and oxygen atoms in total. The van der Waals surface area contributed by atoms with Gasteiger partial charge in [0.05, 0.1) is 6.61 Å². The molecule has 0 aromatic carbocycles. The lowest BCUT2D eigenvalue weighted by atomic mass is 10.0. The minimum atomic E-state index is -1.80. The van der Waals surface area contributed by atoms with Crippen molar-refractivity contribution in [2.45, 2.75) is 24.4 Å². The molecule has 13 heavy (non-hydrogen) atoms. The van der Waals surface area contributed by atoms with Crippen LogP contribution in [0.3, 0.4) is 0 Å². The Balaban J connectivity index is 4.24. The van der Waals surface area contributed by atoms with Crippen molar-refractivity contribution in [3.05, 3.63) is 0 Å². The maximum Gasteiger partial charge on any atom is 0.223 e. The third-order valence-corrected chi connectivity index (χ3v) is 2.13. The average molecular weight is 306 g/mol. The second-order valence-electron chi connectivity index (χ2n) is 2.48. The van der Waals surface area contributed by atoms with Gasteiger partial charge in [-0.3, -0.25) is 4.79 Å². The van der Waals surface area contributed by atoms with Crippen LogP contribution in [0.5, 0.6) is 0 Å². The van der Waals surface area contributed by atoms with E-state index in [1.807, 2.05) is 0 Å². The first-order chi connectivity index (χ1) is 5.91. The van der Waals surface area contributed by atoms with Crippen LogP contribution < -0.4 is 0 Å². The summed E-state index contributed by atoms with van der Waals surface area (Å²) < 4.78 is -0.755. The van der Waals surface area contributed by atoms with E-state index < -0.39 is 34.8 Å². The molecular weight excluding hydrogens is 295 g/mol. The quantitative estimate of drug-likeness (QED) is 0.280. The molecule has 0 aromatic rings. The minimum Gasteiger partial charge on any atom is -0.394 e. The van der Waals surface area contributed by atoms with Gasteiger partial charge in [0, 0.05) is 22.6 Å². The summed E-state index contributed by atoms with van der Waals surface area (Å²) >= 11 is 1.25. The van der Waals surface area contributed by atoms with Crippen molar-refractivity contribution >= 4 is 26.4 Å². The first kappa shape index (κ1) is 13.2. The lowest BCUT2D eigenvalue weighted by Gasteiger charge is -2.23. The Kier molecular flexibility index (Phi) is 5.92. The van der Waals surface area contributed by atoms with Crippen molar-refractivity contribution in [2.24, 2.45) is 0 Å². The average Bonchev–Trinajstić information content (AvgIpc) is 2.12. The molecule has 0 aliphatic heterocycles. The molecule has 0 saturated carbocycles. The summed E-state index contributed by atoms with van der Waals surface area (Å²) in [6.45, 7) is -0.764. The molecule has 0 amide bonds. The van der Waals surface area contributed by atoms with E-state index in [0.29, 0.717) is 0 Å². The molecule has 0 heterocycles. The van der Waals surface area contributed by atoms with Gasteiger partial charge < -0.3 is 25.5 Å². The fourth-order valence-electron chi connectivity index (χ4n) is 0.657. The lowest BCUT2D eigenvalue weighted by Crippen LogP contribution is -2.47. The Labute approximate surface area is 88.0 Å². The Morgan fingerprint density at radius 1 is 1.15 bits per heavy atom. The van der Waals surface area contributed by atoms with Gasteiger partial charge in [-0.15, -0.1) is 0 Å². The normalized spacial score (nSPS) is 20.5. The molecule has 0 fully saturated rings. The number of aliphatic hydroxyl groups is 5. The largest absolute Gasteiger partial charge is 0.394 e. The summed E-state index contributed by atoms with van der Waals surface area (Å²) in [5, 5.41) is 44.3. The van der Waals surface area contributed by atoms with E-state index in [1.165, 1.54) is 22.6 Å². The van der Waals surface area contributed by atoms with Crippen LogP contribution in [-0.4, -0.2) is 60.3 Å².